The van der Waals surface area contributed by atoms with Crippen molar-refractivity contribution in [3.8, 4) is 0 Å². The molecule has 0 aromatic carbocycles. The minimum absolute atomic E-state index is 0.0374. The van der Waals surface area contributed by atoms with E-state index in [-0.39, 0.29) is 36.0 Å². The van der Waals surface area contributed by atoms with Crippen molar-refractivity contribution in [2.75, 3.05) is 6.61 Å². The highest BCUT2D eigenvalue weighted by Gasteiger charge is 2.61. The van der Waals surface area contributed by atoms with Crippen LogP contribution in [0, 0.1) is 5.92 Å². The van der Waals surface area contributed by atoms with Crippen LogP contribution >= 0.6 is 0 Å². The highest BCUT2D eigenvalue weighted by Crippen LogP contribution is 2.53. The summed E-state index contributed by atoms with van der Waals surface area (Å²) in [7, 11) is -0.269. The fourth-order valence-corrected chi connectivity index (χ4v) is 2.10. The maximum atomic E-state index is 11.6. The van der Waals surface area contributed by atoms with E-state index in [1.165, 1.54) is 0 Å². The molecule has 0 bridgehead atoms. The van der Waals surface area contributed by atoms with E-state index in [9.17, 15) is 4.79 Å². The van der Waals surface area contributed by atoms with E-state index in [1.54, 1.807) is 0 Å². The highest BCUT2D eigenvalue weighted by molar-refractivity contribution is 6.49. The van der Waals surface area contributed by atoms with Crippen molar-refractivity contribution < 1.29 is 18.8 Å². The van der Waals surface area contributed by atoms with Crippen molar-refractivity contribution in [2.24, 2.45) is 5.92 Å². The van der Waals surface area contributed by atoms with Gasteiger partial charge in [-0.2, -0.15) is 0 Å². The average molecular weight is 240 g/mol. The standard InChI is InChI=1S/C12H21BO4/c1-6-15-10(14)8-7-9(8)13-16-11(2,3)12(4,5)17-13/h8-9H,6-7H2,1-5H3/t8-,9+/m0/s1. The minimum atomic E-state index is -0.320. The molecular weight excluding hydrogens is 219 g/mol. The summed E-state index contributed by atoms with van der Waals surface area (Å²) < 4.78 is 16.8. The zero-order valence-corrected chi connectivity index (χ0v) is 11.3. The molecule has 96 valence electrons. The predicted octanol–water partition coefficient (Wildman–Crippen LogP) is 2.03. The molecule has 1 saturated heterocycles. The summed E-state index contributed by atoms with van der Waals surface area (Å²) in [6, 6.07) is 0. The fraction of sp³-hybridized carbons (Fsp3) is 0.917. The van der Waals surface area contributed by atoms with Gasteiger partial charge in [0.25, 0.3) is 0 Å². The number of carbonyl (C=O) groups excluding carboxylic acids is 1. The monoisotopic (exact) mass is 240 g/mol. The Bertz CT molecular complexity index is 310. The van der Waals surface area contributed by atoms with Gasteiger partial charge >= 0.3 is 13.1 Å². The van der Waals surface area contributed by atoms with E-state index in [0.717, 1.165) is 6.42 Å². The van der Waals surface area contributed by atoms with Crippen LogP contribution in [0.4, 0.5) is 0 Å². The Morgan fingerprint density at radius 3 is 2.29 bits per heavy atom. The zero-order valence-electron chi connectivity index (χ0n) is 11.3. The molecule has 1 aliphatic carbocycles. The van der Waals surface area contributed by atoms with Gasteiger partial charge in [-0.3, -0.25) is 4.79 Å². The summed E-state index contributed by atoms with van der Waals surface area (Å²) in [4.78, 5) is 11.6. The molecule has 2 rings (SSSR count). The minimum Gasteiger partial charge on any atom is -0.466 e. The molecule has 0 N–H and O–H groups in total. The second kappa shape index (κ2) is 3.99. The lowest BCUT2D eigenvalue weighted by atomic mass is 9.80. The van der Waals surface area contributed by atoms with E-state index in [1.807, 2.05) is 34.6 Å². The number of carbonyl (C=O) groups is 1. The number of ether oxygens (including phenoxy) is 1. The second-order valence-corrected chi connectivity index (χ2v) is 5.88. The number of rotatable bonds is 3. The fourth-order valence-electron chi connectivity index (χ4n) is 2.10. The van der Waals surface area contributed by atoms with E-state index in [4.69, 9.17) is 14.0 Å². The summed E-state index contributed by atoms with van der Waals surface area (Å²) in [6.45, 7) is 10.3. The normalized spacial score (nSPS) is 33.6. The quantitative estimate of drug-likeness (QED) is 0.559. The van der Waals surface area contributed by atoms with Gasteiger partial charge in [-0.05, 0) is 41.0 Å². The molecule has 0 aromatic rings. The Labute approximate surface area is 103 Å². The molecule has 1 saturated carbocycles. The number of esters is 1. The molecule has 2 fully saturated rings. The van der Waals surface area contributed by atoms with Crippen molar-refractivity contribution in [3.05, 3.63) is 0 Å². The van der Waals surface area contributed by atoms with Crippen molar-refractivity contribution >= 4 is 13.1 Å². The molecule has 17 heavy (non-hydrogen) atoms. The molecule has 0 amide bonds. The Balaban J connectivity index is 1.94. The predicted molar refractivity (Wildman–Crippen MR) is 64.6 cm³/mol. The summed E-state index contributed by atoms with van der Waals surface area (Å²) in [5.74, 6) is 0.00645. The van der Waals surface area contributed by atoms with Gasteiger partial charge in [0, 0.05) is 5.82 Å². The SMILES string of the molecule is CCOC(=O)[C@H]1C[C@H]1B1OC(C)(C)C(C)(C)O1. The van der Waals surface area contributed by atoms with Crippen LogP contribution in [0.3, 0.4) is 0 Å². The van der Waals surface area contributed by atoms with Crippen LogP contribution in [-0.2, 0) is 18.8 Å². The van der Waals surface area contributed by atoms with Crippen LogP contribution in [0.2, 0.25) is 5.82 Å². The van der Waals surface area contributed by atoms with Gasteiger partial charge in [0.2, 0.25) is 0 Å². The van der Waals surface area contributed by atoms with Gasteiger partial charge in [0.15, 0.2) is 0 Å². The summed E-state index contributed by atoms with van der Waals surface area (Å²) in [6.07, 6.45) is 0.815. The van der Waals surface area contributed by atoms with Crippen LogP contribution in [0.5, 0.6) is 0 Å². The van der Waals surface area contributed by atoms with Gasteiger partial charge in [0.05, 0.1) is 23.7 Å². The lowest BCUT2D eigenvalue weighted by Gasteiger charge is -2.32. The first-order valence-corrected chi connectivity index (χ1v) is 6.31. The third-order valence-corrected chi connectivity index (χ3v) is 4.05. The highest BCUT2D eigenvalue weighted by atomic mass is 16.7. The maximum absolute atomic E-state index is 11.6. The van der Waals surface area contributed by atoms with Crippen molar-refractivity contribution in [2.45, 2.75) is 58.1 Å². The number of hydrogen-bond acceptors (Lipinski definition) is 4. The Hall–Kier alpha value is -0.545. The van der Waals surface area contributed by atoms with E-state index < -0.39 is 0 Å². The molecular formula is C12H21BO4. The maximum Gasteiger partial charge on any atom is 0.462 e. The van der Waals surface area contributed by atoms with Gasteiger partial charge in [0.1, 0.15) is 0 Å². The van der Waals surface area contributed by atoms with Gasteiger partial charge in [-0.1, -0.05) is 0 Å². The third kappa shape index (κ3) is 2.23. The molecule has 4 nitrogen and oxygen atoms in total. The Kier molecular flexibility index (Phi) is 3.03. The molecule has 0 unspecified atom stereocenters. The molecule has 5 heteroatoms. The topological polar surface area (TPSA) is 44.8 Å². The Morgan fingerprint density at radius 2 is 1.82 bits per heavy atom. The lowest BCUT2D eigenvalue weighted by molar-refractivity contribution is -0.144. The summed E-state index contributed by atoms with van der Waals surface area (Å²) >= 11 is 0. The zero-order chi connectivity index (χ0) is 12.8. The smallest absolute Gasteiger partial charge is 0.462 e. The number of hydrogen-bond donors (Lipinski definition) is 0. The van der Waals surface area contributed by atoms with Crippen LogP contribution in [0.1, 0.15) is 41.0 Å². The van der Waals surface area contributed by atoms with E-state index >= 15 is 0 Å². The first-order chi connectivity index (χ1) is 7.78. The average Bonchev–Trinajstić information content (AvgIpc) is 2.91. The first-order valence-electron chi connectivity index (χ1n) is 6.31. The van der Waals surface area contributed by atoms with Crippen molar-refractivity contribution in [3.63, 3.8) is 0 Å². The first kappa shape index (κ1) is 12.9. The summed E-state index contributed by atoms with van der Waals surface area (Å²) in [5, 5.41) is 0. The largest absolute Gasteiger partial charge is 0.466 e. The molecule has 0 spiro atoms. The lowest BCUT2D eigenvalue weighted by Crippen LogP contribution is -2.41. The molecule has 0 aromatic heterocycles. The molecule has 2 atom stereocenters. The van der Waals surface area contributed by atoms with Gasteiger partial charge in [-0.25, -0.2) is 0 Å². The van der Waals surface area contributed by atoms with Crippen LogP contribution in [-0.4, -0.2) is 30.9 Å². The Morgan fingerprint density at radius 1 is 1.29 bits per heavy atom. The van der Waals surface area contributed by atoms with Crippen molar-refractivity contribution in [1.82, 2.24) is 0 Å². The molecule has 1 heterocycles. The summed E-state index contributed by atoms with van der Waals surface area (Å²) in [5.41, 5.74) is -0.640. The van der Waals surface area contributed by atoms with Gasteiger partial charge < -0.3 is 14.0 Å². The molecule has 0 radical (unpaired) electrons. The van der Waals surface area contributed by atoms with Crippen LogP contribution < -0.4 is 0 Å². The van der Waals surface area contributed by atoms with E-state index in [2.05, 4.69) is 0 Å². The van der Waals surface area contributed by atoms with Crippen molar-refractivity contribution in [1.29, 1.82) is 0 Å². The van der Waals surface area contributed by atoms with Crippen LogP contribution in [0.25, 0.3) is 0 Å². The third-order valence-electron chi connectivity index (χ3n) is 4.05. The molecule has 2 aliphatic rings. The van der Waals surface area contributed by atoms with Crippen LogP contribution in [0.15, 0.2) is 0 Å². The second-order valence-electron chi connectivity index (χ2n) is 5.88. The van der Waals surface area contributed by atoms with Gasteiger partial charge in [-0.15, -0.1) is 0 Å². The molecule has 1 aliphatic heterocycles. The van der Waals surface area contributed by atoms with E-state index in [0.29, 0.717) is 6.61 Å².